The van der Waals surface area contributed by atoms with Gasteiger partial charge in [0.1, 0.15) is 23.9 Å². The summed E-state index contributed by atoms with van der Waals surface area (Å²) in [6.07, 6.45) is 1.55. The topological polar surface area (TPSA) is 59.8 Å². The Morgan fingerprint density at radius 2 is 1.83 bits per heavy atom. The molecule has 0 radical (unpaired) electrons. The third-order valence-electron chi connectivity index (χ3n) is 4.29. The van der Waals surface area contributed by atoms with Crippen LogP contribution >= 0.6 is 35.0 Å². The van der Waals surface area contributed by atoms with E-state index in [1.54, 1.807) is 36.4 Å². The first-order chi connectivity index (χ1) is 14.5. The van der Waals surface area contributed by atoms with E-state index in [9.17, 15) is 9.59 Å². The van der Waals surface area contributed by atoms with E-state index in [4.69, 9.17) is 32.4 Å². The van der Waals surface area contributed by atoms with E-state index in [2.05, 4.69) is 0 Å². The van der Waals surface area contributed by atoms with Gasteiger partial charge in [-0.1, -0.05) is 41.4 Å². The summed E-state index contributed by atoms with van der Waals surface area (Å²) in [4.78, 5) is 26.3. The number of halogens is 2. The Bertz CT molecular complexity index is 1130. The highest BCUT2D eigenvalue weighted by atomic mass is 35.5. The zero-order chi connectivity index (χ0) is 21.1. The fraction of sp³-hybridized carbons (Fsp3) is 0.0909. The second-order valence-corrected chi connectivity index (χ2v) is 8.16. The van der Waals surface area contributed by atoms with Crippen molar-refractivity contribution >= 4 is 52.2 Å². The monoisotopic (exact) mass is 459 g/mol. The number of nitrogens with zero attached hydrogens (tertiary/aromatic N) is 1. The number of carbonyl (C=O) groups is 2. The van der Waals surface area contributed by atoms with Crippen LogP contribution in [0.5, 0.6) is 5.75 Å². The average Bonchev–Trinajstić information content (AvgIpc) is 3.30. The molecule has 1 fully saturated rings. The molecule has 0 bridgehead atoms. The Kier molecular flexibility index (Phi) is 6.18. The van der Waals surface area contributed by atoms with Crippen molar-refractivity contribution in [1.82, 2.24) is 4.90 Å². The van der Waals surface area contributed by atoms with Gasteiger partial charge in [0.25, 0.3) is 11.1 Å². The molecule has 1 aromatic heterocycles. The Labute approximate surface area is 187 Å². The predicted octanol–water partition coefficient (Wildman–Crippen LogP) is 6.37. The van der Waals surface area contributed by atoms with Gasteiger partial charge in [0, 0.05) is 16.7 Å². The van der Waals surface area contributed by atoms with Crippen molar-refractivity contribution in [3.8, 4) is 17.1 Å². The standard InChI is InChI=1S/C22H15Cl2NO4S/c23-14-6-8-18(24)17(12-14)19-9-7-16(29-19)13-20-21(26)25(22(27)30-20)10-11-28-15-4-2-1-3-5-15/h1-9,12-13H,10-11H2/b20-13-. The number of ether oxygens (including phenoxy) is 1. The molecule has 2 heterocycles. The van der Waals surface area contributed by atoms with Gasteiger partial charge >= 0.3 is 0 Å². The number of imide groups is 1. The number of thioether (sulfide) groups is 1. The molecule has 152 valence electrons. The average molecular weight is 460 g/mol. The largest absolute Gasteiger partial charge is 0.492 e. The molecule has 1 aliphatic heterocycles. The van der Waals surface area contributed by atoms with Crippen LogP contribution in [0.2, 0.25) is 10.0 Å². The normalized spacial score (nSPS) is 15.3. The number of hydrogen-bond donors (Lipinski definition) is 0. The molecule has 0 saturated carbocycles. The van der Waals surface area contributed by atoms with Crippen molar-refractivity contribution in [2.45, 2.75) is 0 Å². The molecule has 1 saturated heterocycles. The van der Waals surface area contributed by atoms with Crippen molar-refractivity contribution in [1.29, 1.82) is 0 Å². The van der Waals surface area contributed by atoms with Gasteiger partial charge in [0.15, 0.2) is 0 Å². The molecular weight excluding hydrogens is 445 g/mol. The Morgan fingerprint density at radius 1 is 1.03 bits per heavy atom. The summed E-state index contributed by atoms with van der Waals surface area (Å²) in [7, 11) is 0. The van der Waals surface area contributed by atoms with Gasteiger partial charge in [0.05, 0.1) is 16.5 Å². The zero-order valence-electron chi connectivity index (χ0n) is 15.5. The summed E-state index contributed by atoms with van der Waals surface area (Å²) in [6.45, 7) is 0.381. The van der Waals surface area contributed by atoms with Crippen LogP contribution in [0, 0.1) is 0 Å². The van der Waals surface area contributed by atoms with Crippen LogP contribution in [0.15, 0.2) is 70.0 Å². The van der Waals surface area contributed by atoms with E-state index in [1.165, 1.54) is 0 Å². The minimum absolute atomic E-state index is 0.165. The fourth-order valence-corrected chi connectivity index (χ4v) is 4.08. The van der Waals surface area contributed by atoms with Gasteiger partial charge in [-0.3, -0.25) is 14.5 Å². The molecule has 3 aromatic rings. The number of amides is 2. The lowest BCUT2D eigenvalue weighted by atomic mass is 10.2. The zero-order valence-corrected chi connectivity index (χ0v) is 17.8. The molecule has 2 amide bonds. The summed E-state index contributed by atoms with van der Waals surface area (Å²) in [6, 6.07) is 17.7. The number of carbonyl (C=O) groups excluding carboxylic acids is 2. The SMILES string of the molecule is O=C1S/C(=C\c2ccc(-c3cc(Cl)ccc3Cl)o2)C(=O)N1CCOc1ccccc1. The molecule has 0 atom stereocenters. The van der Waals surface area contributed by atoms with E-state index >= 15 is 0 Å². The molecule has 1 aliphatic rings. The molecular formula is C22H15Cl2NO4S. The van der Waals surface area contributed by atoms with Gasteiger partial charge in [0.2, 0.25) is 0 Å². The fourth-order valence-electron chi connectivity index (χ4n) is 2.85. The maximum atomic E-state index is 12.6. The molecule has 2 aromatic carbocycles. The van der Waals surface area contributed by atoms with Crippen LogP contribution in [0.1, 0.15) is 5.76 Å². The molecule has 4 rings (SSSR count). The summed E-state index contributed by atoms with van der Waals surface area (Å²) >= 11 is 13.1. The van der Waals surface area contributed by atoms with Gasteiger partial charge in [-0.15, -0.1) is 0 Å². The maximum Gasteiger partial charge on any atom is 0.293 e. The minimum Gasteiger partial charge on any atom is -0.492 e. The smallest absolute Gasteiger partial charge is 0.293 e. The Morgan fingerprint density at radius 3 is 2.63 bits per heavy atom. The lowest BCUT2D eigenvalue weighted by molar-refractivity contribution is -0.123. The van der Waals surface area contributed by atoms with Crippen LogP contribution in [0.25, 0.3) is 17.4 Å². The Balaban J connectivity index is 1.44. The molecule has 30 heavy (non-hydrogen) atoms. The van der Waals surface area contributed by atoms with Gasteiger partial charge in [-0.25, -0.2) is 0 Å². The molecule has 5 nitrogen and oxygen atoms in total. The van der Waals surface area contributed by atoms with Crippen LogP contribution in [-0.4, -0.2) is 29.2 Å². The van der Waals surface area contributed by atoms with Crippen LogP contribution in [0.4, 0.5) is 4.79 Å². The summed E-state index contributed by atoms with van der Waals surface area (Å²) < 4.78 is 11.4. The molecule has 8 heteroatoms. The quantitative estimate of drug-likeness (QED) is 0.400. The van der Waals surface area contributed by atoms with Crippen molar-refractivity contribution in [2.75, 3.05) is 13.2 Å². The van der Waals surface area contributed by atoms with E-state index in [0.29, 0.717) is 32.9 Å². The van der Waals surface area contributed by atoms with Crippen LogP contribution in [0.3, 0.4) is 0 Å². The van der Waals surface area contributed by atoms with Crippen molar-refractivity contribution in [3.63, 3.8) is 0 Å². The van der Waals surface area contributed by atoms with E-state index in [0.717, 1.165) is 16.7 Å². The third kappa shape index (κ3) is 4.56. The highest BCUT2D eigenvalue weighted by Crippen LogP contribution is 2.35. The number of para-hydroxylation sites is 1. The summed E-state index contributed by atoms with van der Waals surface area (Å²) in [5.41, 5.74) is 0.648. The van der Waals surface area contributed by atoms with Crippen molar-refractivity contribution in [2.24, 2.45) is 0 Å². The lowest BCUT2D eigenvalue weighted by Crippen LogP contribution is -2.32. The highest BCUT2D eigenvalue weighted by Gasteiger charge is 2.35. The first-order valence-electron chi connectivity index (χ1n) is 9.00. The van der Waals surface area contributed by atoms with Crippen molar-refractivity contribution in [3.05, 3.63) is 81.4 Å². The van der Waals surface area contributed by atoms with Crippen LogP contribution in [-0.2, 0) is 4.79 Å². The van der Waals surface area contributed by atoms with E-state index in [-0.39, 0.29) is 29.2 Å². The number of hydrogen-bond acceptors (Lipinski definition) is 5. The number of benzene rings is 2. The van der Waals surface area contributed by atoms with Crippen molar-refractivity contribution < 1.29 is 18.7 Å². The molecule has 0 aliphatic carbocycles. The molecule has 0 spiro atoms. The molecule has 0 N–H and O–H groups in total. The molecule has 0 unspecified atom stereocenters. The Hall–Kier alpha value is -2.67. The van der Waals surface area contributed by atoms with Gasteiger partial charge in [-0.05, 0) is 54.2 Å². The maximum absolute atomic E-state index is 12.6. The number of furan rings is 1. The van der Waals surface area contributed by atoms with Gasteiger partial charge in [-0.2, -0.15) is 0 Å². The van der Waals surface area contributed by atoms with Crippen LogP contribution < -0.4 is 4.74 Å². The first-order valence-corrected chi connectivity index (χ1v) is 10.6. The van der Waals surface area contributed by atoms with E-state index in [1.807, 2.05) is 30.3 Å². The summed E-state index contributed by atoms with van der Waals surface area (Å²) in [5.74, 6) is 1.26. The minimum atomic E-state index is -0.375. The van der Waals surface area contributed by atoms with E-state index < -0.39 is 0 Å². The predicted molar refractivity (Wildman–Crippen MR) is 119 cm³/mol. The second kappa shape index (κ2) is 9.00. The second-order valence-electron chi connectivity index (χ2n) is 6.32. The third-order valence-corrected chi connectivity index (χ3v) is 5.77. The van der Waals surface area contributed by atoms with Gasteiger partial charge < -0.3 is 9.15 Å². The summed E-state index contributed by atoms with van der Waals surface area (Å²) in [5, 5.41) is 0.692. The first kappa shape index (κ1) is 20.6. The number of rotatable bonds is 6. The highest BCUT2D eigenvalue weighted by molar-refractivity contribution is 8.18. The lowest BCUT2D eigenvalue weighted by Gasteiger charge is -2.13.